The third-order valence-corrected chi connectivity index (χ3v) is 6.41. The van der Waals surface area contributed by atoms with Gasteiger partial charge in [-0.3, -0.25) is 4.79 Å². The van der Waals surface area contributed by atoms with Crippen LogP contribution in [0.1, 0.15) is 43.6 Å². The molecule has 1 heterocycles. The van der Waals surface area contributed by atoms with Gasteiger partial charge in [0.05, 0.1) is 18.1 Å². The van der Waals surface area contributed by atoms with Crippen LogP contribution in [-0.4, -0.2) is 61.9 Å². The number of hydrogen-bond donors (Lipinski definition) is 0. The van der Waals surface area contributed by atoms with Crippen molar-refractivity contribution in [2.45, 2.75) is 51.6 Å². The quantitative estimate of drug-likeness (QED) is 0.800. The van der Waals surface area contributed by atoms with Gasteiger partial charge in [-0.05, 0) is 52.3 Å². The molecule has 1 aliphatic rings. The van der Waals surface area contributed by atoms with E-state index in [-0.39, 0.29) is 22.9 Å². The maximum Gasteiger partial charge on any atom is 0.254 e. The first kappa shape index (κ1) is 19.9. The molecule has 1 saturated heterocycles. The van der Waals surface area contributed by atoms with Gasteiger partial charge in [-0.1, -0.05) is 6.07 Å². The summed E-state index contributed by atoms with van der Waals surface area (Å²) in [6, 6.07) is 4.99. The predicted molar refractivity (Wildman–Crippen MR) is 97.2 cm³/mol. The second kappa shape index (κ2) is 7.85. The van der Waals surface area contributed by atoms with Crippen molar-refractivity contribution in [1.82, 2.24) is 9.21 Å². The van der Waals surface area contributed by atoms with Crippen molar-refractivity contribution in [3.05, 3.63) is 29.3 Å². The second-order valence-corrected chi connectivity index (χ2v) is 8.80. The van der Waals surface area contributed by atoms with Crippen molar-refractivity contribution in [3.8, 4) is 0 Å². The highest BCUT2D eigenvalue weighted by Gasteiger charge is 2.29. The lowest BCUT2D eigenvalue weighted by Gasteiger charge is -2.31. The fourth-order valence-corrected chi connectivity index (χ4v) is 4.81. The normalized spacial score (nSPS) is 16.4. The summed E-state index contributed by atoms with van der Waals surface area (Å²) in [5.41, 5.74) is 1.04. The Bertz CT molecular complexity index is 715. The third kappa shape index (κ3) is 4.22. The maximum absolute atomic E-state index is 13.0. The van der Waals surface area contributed by atoms with Gasteiger partial charge in [-0.25, -0.2) is 8.42 Å². The summed E-state index contributed by atoms with van der Waals surface area (Å²) in [6.07, 6.45) is 0. The van der Waals surface area contributed by atoms with Gasteiger partial charge >= 0.3 is 0 Å². The van der Waals surface area contributed by atoms with Gasteiger partial charge in [-0.2, -0.15) is 4.31 Å². The van der Waals surface area contributed by atoms with Crippen LogP contribution in [0.5, 0.6) is 0 Å². The molecule has 1 fully saturated rings. The van der Waals surface area contributed by atoms with E-state index in [4.69, 9.17) is 4.74 Å². The summed E-state index contributed by atoms with van der Waals surface area (Å²) in [5, 5.41) is 0. The molecule has 1 aliphatic heterocycles. The smallest absolute Gasteiger partial charge is 0.254 e. The Kier molecular flexibility index (Phi) is 6.24. The Hall–Kier alpha value is -1.44. The number of carbonyl (C=O) groups is 1. The van der Waals surface area contributed by atoms with E-state index in [9.17, 15) is 13.2 Å². The first-order valence-corrected chi connectivity index (χ1v) is 10.1. The van der Waals surface area contributed by atoms with Crippen LogP contribution in [0.4, 0.5) is 0 Å². The number of amides is 1. The van der Waals surface area contributed by atoms with Crippen molar-refractivity contribution >= 4 is 15.9 Å². The number of benzene rings is 1. The van der Waals surface area contributed by atoms with Crippen LogP contribution < -0.4 is 0 Å². The van der Waals surface area contributed by atoms with Crippen molar-refractivity contribution < 1.29 is 17.9 Å². The third-order valence-electron chi connectivity index (χ3n) is 4.37. The minimum atomic E-state index is -3.63. The van der Waals surface area contributed by atoms with Crippen LogP contribution in [0.25, 0.3) is 0 Å². The number of morpholine rings is 1. The summed E-state index contributed by atoms with van der Waals surface area (Å²) >= 11 is 0. The minimum absolute atomic E-state index is 0.0353. The summed E-state index contributed by atoms with van der Waals surface area (Å²) in [5.74, 6) is -0.150. The minimum Gasteiger partial charge on any atom is -0.379 e. The number of rotatable bonds is 5. The largest absolute Gasteiger partial charge is 0.379 e. The molecule has 1 aromatic rings. The van der Waals surface area contributed by atoms with Gasteiger partial charge in [0, 0.05) is 30.7 Å². The van der Waals surface area contributed by atoms with E-state index in [0.717, 1.165) is 0 Å². The van der Waals surface area contributed by atoms with Crippen molar-refractivity contribution in [3.63, 3.8) is 0 Å². The summed E-state index contributed by atoms with van der Waals surface area (Å²) in [7, 11) is -3.63. The Morgan fingerprint density at radius 2 is 1.68 bits per heavy atom. The molecule has 140 valence electrons. The number of carbonyl (C=O) groups excluding carboxylic acids is 1. The van der Waals surface area contributed by atoms with Gasteiger partial charge in [0.1, 0.15) is 0 Å². The molecule has 1 amide bonds. The van der Waals surface area contributed by atoms with E-state index in [0.29, 0.717) is 37.4 Å². The summed E-state index contributed by atoms with van der Waals surface area (Å²) in [6.45, 7) is 11.0. The zero-order valence-corrected chi connectivity index (χ0v) is 16.5. The van der Waals surface area contributed by atoms with E-state index in [1.807, 2.05) is 27.7 Å². The summed E-state index contributed by atoms with van der Waals surface area (Å²) < 4.78 is 32.6. The number of ether oxygens (including phenoxy) is 1. The second-order valence-electron chi connectivity index (χ2n) is 6.90. The number of nitrogens with zero attached hydrogens (tertiary/aromatic N) is 2. The lowest BCUT2D eigenvalue weighted by Crippen LogP contribution is -2.42. The van der Waals surface area contributed by atoms with Crippen LogP contribution in [-0.2, 0) is 14.8 Å². The molecule has 0 aliphatic carbocycles. The van der Waals surface area contributed by atoms with E-state index in [1.165, 1.54) is 10.4 Å². The Balaban J connectivity index is 2.42. The zero-order chi connectivity index (χ0) is 18.8. The molecule has 2 rings (SSSR count). The molecule has 0 atom stereocenters. The molecule has 0 spiro atoms. The molecule has 25 heavy (non-hydrogen) atoms. The van der Waals surface area contributed by atoms with Crippen LogP contribution in [0.15, 0.2) is 23.1 Å². The van der Waals surface area contributed by atoms with Crippen LogP contribution in [0.3, 0.4) is 0 Å². The van der Waals surface area contributed by atoms with Gasteiger partial charge in [0.2, 0.25) is 10.0 Å². The van der Waals surface area contributed by atoms with E-state index < -0.39 is 10.0 Å². The van der Waals surface area contributed by atoms with Gasteiger partial charge in [0.25, 0.3) is 5.91 Å². The van der Waals surface area contributed by atoms with Crippen LogP contribution in [0.2, 0.25) is 0 Å². The molecular formula is C18H28N2O4S. The molecule has 1 aromatic carbocycles. The fourth-order valence-electron chi connectivity index (χ4n) is 3.15. The average Bonchev–Trinajstić information content (AvgIpc) is 2.55. The zero-order valence-electron chi connectivity index (χ0n) is 15.7. The van der Waals surface area contributed by atoms with Crippen molar-refractivity contribution in [2.75, 3.05) is 26.3 Å². The molecule has 0 saturated carbocycles. The topological polar surface area (TPSA) is 66.9 Å². The van der Waals surface area contributed by atoms with E-state index in [1.54, 1.807) is 24.0 Å². The molecule has 0 radical (unpaired) electrons. The first-order chi connectivity index (χ1) is 11.7. The molecule has 7 heteroatoms. The van der Waals surface area contributed by atoms with Gasteiger partial charge in [-0.15, -0.1) is 0 Å². The molecule has 0 N–H and O–H groups in total. The molecule has 6 nitrogen and oxygen atoms in total. The Morgan fingerprint density at radius 1 is 1.12 bits per heavy atom. The monoisotopic (exact) mass is 368 g/mol. The Labute approximate surface area is 150 Å². The van der Waals surface area contributed by atoms with E-state index in [2.05, 4.69) is 0 Å². The SMILES string of the molecule is Cc1ccc(C(=O)N(C(C)C)C(C)C)cc1S(=O)(=O)N1CCOCC1. The lowest BCUT2D eigenvalue weighted by molar-refractivity contribution is 0.0643. The van der Waals surface area contributed by atoms with Gasteiger partial charge < -0.3 is 9.64 Å². The summed E-state index contributed by atoms with van der Waals surface area (Å²) in [4.78, 5) is 14.9. The standard InChI is InChI=1S/C18H28N2O4S/c1-13(2)20(14(3)4)18(21)16-7-6-15(5)17(12-16)25(22,23)19-8-10-24-11-9-19/h6-7,12-14H,8-11H2,1-5H3. The average molecular weight is 368 g/mol. The number of aryl methyl sites for hydroxylation is 1. The predicted octanol–water partition coefficient (Wildman–Crippen LogP) is 2.27. The Morgan fingerprint density at radius 3 is 2.20 bits per heavy atom. The number of hydrogen-bond acceptors (Lipinski definition) is 4. The maximum atomic E-state index is 13.0. The molecule has 0 aromatic heterocycles. The highest BCUT2D eigenvalue weighted by atomic mass is 32.2. The molecule has 0 bridgehead atoms. The van der Waals surface area contributed by atoms with E-state index >= 15 is 0 Å². The molecule has 0 unspecified atom stereocenters. The van der Waals surface area contributed by atoms with Gasteiger partial charge in [0.15, 0.2) is 0 Å². The number of sulfonamides is 1. The van der Waals surface area contributed by atoms with Crippen LogP contribution in [0, 0.1) is 6.92 Å². The highest BCUT2D eigenvalue weighted by molar-refractivity contribution is 7.89. The fraction of sp³-hybridized carbons (Fsp3) is 0.611. The first-order valence-electron chi connectivity index (χ1n) is 8.67. The van der Waals surface area contributed by atoms with Crippen molar-refractivity contribution in [2.24, 2.45) is 0 Å². The van der Waals surface area contributed by atoms with Crippen molar-refractivity contribution in [1.29, 1.82) is 0 Å². The van der Waals surface area contributed by atoms with Crippen LogP contribution >= 0.6 is 0 Å². The lowest BCUT2D eigenvalue weighted by atomic mass is 10.1. The highest BCUT2D eigenvalue weighted by Crippen LogP contribution is 2.24. The molecular weight excluding hydrogens is 340 g/mol.